The van der Waals surface area contributed by atoms with E-state index in [4.69, 9.17) is 14.2 Å². The molecule has 0 spiro atoms. The molecule has 32 heavy (non-hydrogen) atoms. The third kappa shape index (κ3) is 8.14. The Morgan fingerprint density at radius 3 is 2.38 bits per heavy atom. The molecule has 1 aliphatic carbocycles. The maximum absolute atomic E-state index is 13.0. The van der Waals surface area contributed by atoms with E-state index in [0.29, 0.717) is 23.2 Å². The van der Waals surface area contributed by atoms with Gasteiger partial charge in [-0.15, -0.1) is 6.58 Å². The lowest BCUT2D eigenvalue weighted by atomic mass is 9.91. The van der Waals surface area contributed by atoms with Gasteiger partial charge in [0.1, 0.15) is 0 Å². The standard InChI is InChI=1S/C26H42N2O4/c1-6-17-27(2)18-9-7-8-10-19-32-23-14-12-22(13-15-23)28(3)26(29)21-11-16-24(30-4)25(20-21)31-5/h6,11,16,20,22-23H,1,7-10,12-15,17-19H2,2-5H3/t22-,23-. The SMILES string of the molecule is C=CCN(C)CCCCCCO[C@H]1CC[C@H](N(C)C(=O)c2ccc(OC)c(OC)c2)CC1. The van der Waals surface area contributed by atoms with Crippen LogP contribution in [0.2, 0.25) is 0 Å². The molecule has 2 rings (SSSR count). The fourth-order valence-electron chi connectivity index (χ4n) is 4.34. The average Bonchev–Trinajstić information content (AvgIpc) is 2.82. The first-order valence-electron chi connectivity index (χ1n) is 11.9. The number of unbranched alkanes of at least 4 members (excludes halogenated alkanes) is 3. The van der Waals surface area contributed by atoms with Gasteiger partial charge in [-0.05, 0) is 70.3 Å². The van der Waals surface area contributed by atoms with Crippen molar-refractivity contribution in [3.05, 3.63) is 36.4 Å². The first-order chi connectivity index (χ1) is 15.5. The molecule has 0 aliphatic heterocycles. The molecule has 0 atom stereocenters. The van der Waals surface area contributed by atoms with Crippen LogP contribution in [0.25, 0.3) is 0 Å². The Hall–Kier alpha value is -2.05. The Morgan fingerprint density at radius 1 is 1.03 bits per heavy atom. The highest BCUT2D eigenvalue weighted by Gasteiger charge is 2.27. The summed E-state index contributed by atoms with van der Waals surface area (Å²) in [6, 6.07) is 5.59. The third-order valence-electron chi connectivity index (χ3n) is 6.37. The molecule has 1 fully saturated rings. The number of ether oxygens (including phenoxy) is 3. The summed E-state index contributed by atoms with van der Waals surface area (Å²) in [6.07, 6.45) is 11.1. The van der Waals surface area contributed by atoms with Gasteiger partial charge in [0.15, 0.2) is 11.5 Å². The van der Waals surface area contributed by atoms with E-state index in [1.807, 2.05) is 18.0 Å². The minimum Gasteiger partial charge on any atom is -0.493 e. The number of carbonyl (C=O) groups is 1. The number of rotatable bonds is 14. The molecule has 0 bridgehead atoms. The van der Waals surface area contributed by atoms with Crippen LogP contribution in [-0.2, 0) is 4.74 Å². The molecular formula is C26H42N2O4. The van der Waals surface area contributed by atoms with Crippen LogP contribution in [0.4, 0.5) is 0 Å². The van der Waals surface area contributed by atoms with E-state index in [9.17, 15) is 4.79 Å². The summed E-state index contributed by atoms with van der Waals surface area (Å²) in [7, 11) is 7.22. The lowest BCUT2D eigenvalue weighted by Gasteiger charge is -2.34. The highest BCUT2D eigenvalue weighted by atomic mass is 16.5. The molecule has 1 amide bonds. The Balaban J connectivity index is 1.66. The zero-order valence-electron chi connectivity index (χ0n) is 20.5. The lowest BCUT2D eigenvalue weighted by Crippen LogP contribution is -2.40. The molecule has 0 unspecified atom stereocenters. The van der Waals surface area contributed by atoms with Crippen molar-refractivity contribution in [2.75, 3.05) is 48.0 Å². The predicted octanol–water partition coefficient (Wildman–Crippen LogP) is 4.78. The molecule has 1 aromatic rings. The first-order valence-corrected chi connectivity index (χ1v) is 11.9. The maximum atomic E-state index is 13.0. The van der Waals surface area contributed by atoms with Crippen molar-refractivity contribution in [3.8, 4) is 11.5 Å². The summed E-state index contributed by atoms with van der Waals surface area (Å²) in [6.45, 7) is 6.71. The Kier molecular flexibility index (Phi) is 11.6. The van der Waals surface area contributed by atoms with Crippen molar-refractivity contribution in [3.63, 3.8) is 0 Å². The Labute approximate surface area is 194 Å². The van der Waals surface area contributed by atoms with Gasteiger partial charge in [0.05, 0.1) is 20.3 Å². The van der Waals surface area contributed by atoms with Crippen LogP contribution in [0.1, 0.15) is 61.7 Å². The van der Waals surface area contributed by atoms with Crippen LogP contribution in [-0.4, -0.2) is 75.9 Å². The van der Waals surface area contributed by atoms with Crippen molar-refractivity contribution in [1.29, 1.82) is 0 Å². The lowest BCUT2D eigenvalue weighted by molar-refractivity contribution is 0.00907. The third-order valence-corrected chi connectivity index (χ3v) is 6.37. The number of hydrogen-bond donors (Lipinski definition) is 0. The fourth-order valence-corrected chi connectivity index (χ4v) is 4.34. The zero-order valence-corrected chi connectivity index (χ0v) is 20.5. The quantitative estimate of drug-likeness (QED) is 0.304. The number of hydrogen-bond acceptors (Lipinski definition) is 5. The first kappa shape index (κ1) is 26.2. The second-order valence-corrected chi connectivity index (χ2v) is 8.75. The van der Waals surface area contributed by atoms with Crippen LogP contribution < -0.4 is 9.47 Å². The minimum atomic E-state index is 0.0223. The van der Waals surface area contributed by atoms with E-state index in [-0.39, 0.29) is 11.9 Å². The molecule has 1 aliphatic rings. The molecule has 6 nitrogen and oxygen atoms in total. The largest absolute Gasteiger partial charge is 0.493 e. The predicted molar refractivity (Wildman–Crippen MR) is 130 cm³/mol. The van der Waals surface area contributed by atoms with E-state index in [1.165, 1.54) is 19.3 Å². The Morgan fingerprint density at radius 2 is 1.72 bits per heavy atom. The van der Waals surface area contributed by atoms with Crippen molar-refractivity contribution in [1.82, 2.24) is 9.80 Å². The van der Waals surface area contributed by atoms with Gasteiger partial charge in [0, 0.05) is 31.8 Å². The number of benzene rings is 1. The summed E-state index contributed by atoms with van der Waals surface area (Å²) in [5.74, 6) is 1.23. The molecule has 0 aromatic heterocycles. The minimum absolute atomic E-state index is 0.0223. The molecule has 0 saturated heterocycles. The highest BCUT2D eigenvalue weighted by Crippen LogP contribution is 2.30. The summed E-state index contributed by atoms with van der Waals surface area (Å²) in [5, 5.41) is 0. The van der Waals surface area contributed by atoms with Gasteiger partial charge in [-0.3, -0.25) is 4.79 Å². The summed E-state index contributed by atoms with van der Waals surface area (Å²) in [5.41, 5.74) is 0.624. The zero-order chi connectivity index (χ0) is 23.3. The van der Waals surface area contributed by atoms with Gasteiger partial charge in [-0.1, -0.05) is 18.9 Å². The average molecular weight is 447 g/mol. The van der Waals surface area contributed by atoms with Gasteiger partial charge in [0.2, 0.25) is 0 Å². The second kappa shape index (κ2) is 14.2. The van der Waals surface area contributed by atoms with Crippen molar-refractivity contribution in [2.45, 2.75) is 63.5 Å². The smallest absolute Gasteiger partial charge is 0.253 e. The van der Waals surface area contributed by atoms with E-state index in [0.717, 1.165) is 51.8 Å². The monoisotopic (exact) mass is 446 g/mol. The van der Waals surface area contributed by atoms with Crippen LogP contribution in [0.5, 0.6) is 11.5 Å². The van der Waals surface area contributed by atoms with Crippen molar-refractivity contribution >= 4 is 5.91 Å². The fraction of sp³-hybridized carbons (Fsp3) is 0.654. The molecule has 6 heteroatoms. The van der Waals surface area contributed by atoms with E-state index in [1.54, 1.807) is 32.4 Å². The van der Waals surface area contributed by atoms with Gasteiger partial charge in [0.25, 0.3) is 5.91 Å². The molecule has 180 valence electrons. The number of methoxy groups -OCH3 is 2. The maximum Gasteiger partial charge on any atom is 0.253 e. The van der Waals surface area contributed by atoms with Crippen LogP contribution in [0, 0.1) is 0 Å². The summed E-state index contributed by atoms with van der Waals surface area (Å²) >= 11 is 0. The van der Waals surface area contributed by atoms with Gasteiger partial charge in [-0.25, -0.2) is 0 Å². The number of amides is 1. The van der Waals surface area contributed by atoms with Crippen molar-refractivity contribution in [2.24, 2.45) is 0 Å². The van der Waals surface area contributed by atoms with E-state index >= 15 is 0 Å². The normalized spacial score (nSPS) is 18.4. The number of carbonyl (C=O) groups excluding carboxylic acids is 1. The van der Waals surface area contributed by atoms with Crippen LogP contribution in [0.3, 0.4) is 0 Å². The van der Waals surface area contributed by atoms with E-state index in [2.05, 4.69) is 18.5 Å². The number of likely N-dealkylation sites (N-methyl/N-ethyl adjacent to an activating group) is 1. The highest BCUT2D eigenvalue weighted by molar-refractivity contribution is 5.95. The summed E-state index contributed by atoms with van der Waals surface area (Å²) < 4.78 is 16.7. The summed E-state index contributed by atoms with van der Waals surface area (Å²) in [4.78, 5) is 17.1. The number of nitrogens with zero attached hydrogens (tertiary/aromatic N) is 2. The second-order valence-electron chi connectivity index (χ2n) is 8.75. The van der Waals surface area contributed by atoms with Gasteiger partial charge >= 0.3 is 0 Å². The van der Waals surface area contributed by atoms with Crippen LogP contribution >= 0.6 is 0 Å². The van der Waals surface area contributed by atoms with E-state index < -0.39 is 0 Å². The van der Waals surface area contributed by atoms with Crippen LogP contribution in [0.15, 0.2) is 30.9 Å². The van der Waals surface area contributed by atoms with Gasteiger partial charge < -0.3 is 24.0 Å². The molecule has 1 saturated carbocycles. The molecule has 0 heterocycles. The van der Waals surface area contributed by atoms with Gasteiger partial charge in [-0.2, -0.15) is 0 Å². The molecule has 0 N–H and O–H groups in total. The molecule has 1 aromatic carbocycles. The topological polar surface area (TPSA) is 51.2 Å². The molecular weight excluding hydrogens is 404 g/mol. The Bertz CT molecular complexity index is 701. The molecule has 0 radical (unpaired) electrons. The van der Waals surface area contributed by atoms with Crippen molar-refractivity contribution < 1.29 is 19.0 Å².